The van der Waals surface area contributed by atoms with Crippen LogP contribution >= 0.6 is 0 Å². The molecule has 1 unspecified atom stereocenters. The van der Waals surface area contributed by atoms with Crippen molar-refractivity contribution in [3.05, 3.63) is 79.2 Å². The summed E-state index contributed by atoms with van der Waals surface area (Å²) in [5.74, 6) is 0.652. The van der Waals surface area contributed by atoms with E-state index in [4.69, 9.17) is 4.98 Å². The van der Waals surface area contributed by atoms with Crippen LogP contribution in [0.2, 0.25) is 0 Å². The monoisotopic (exact) mass is 454 g/mol. The van der Waals surface area contributed by atoms with Crippen molar-refractivity contribution in [3.63, 3.8) is 0 Å². The van der Waals surface area contributed by atoms with Gasteiger partial charge in [-0.2, -0.15) is 0 Å². The Balaban J connectivity index is 1.35. The third-order valence-electron chi connectivity index (χ3n) is 6.65. The lowest BCUT2D eigenvalue weighted by atomic mass is 9.91. The molecule has 0 bridgehead atoms. The number of hydrogen-bond acceptors (Lipinski definition) is 6. The summed E-state index contributed by atoms with van der Waals surface area (Å²) >= 11 is 0. The van der Waals surface area contributed by atoms with Gasteiger partial charge in [0.1, 0.15) is 0 Å². The first kappa shape index (κ1) is 22.1. The highest BCUT2D eigenvalue weighted by molar-refractivity contribution is 5.88. The fourth-order valence-corrected chi connectivity index (χ4v) is 4.65. The van der Waals surface area contributed by atoms with Crippen LogP contribution in [0.5, 0.6) is 0 Å². The van der Waals surface area contributed by atoms with Gasteiger partial charge in [0.25, 0.3) is 0 Å². The zero-order valence-electron chi connectivity index (χ0n) is 19.5. The summed E-state index contributed by atoms with van der Waals surface area (Å²) in [7, 11) is 2.17. The standard InChI is InChI=1S/C27H30N6O/c1-3-25(34)33-13-5-7-21(19-33)24-8-4-6-20-18-28-27(30-26(20)24)29-22-9-11-23(12-10-22)32-16-14-31(2)15-17-32/h3-6,8-13,18,21H,1,7,14-17,19H2,2H3,(H,28,29,30). The van der Waals surface area contributed by atoms with E-state index in [1.54, 1.807) is 4.90 Å². The van der Waals surface area contributed by atoms with Crippen molar-refractivity contribution in [1.29, 1.82) is 0 Å². The Hall–Kier alpha value is -3.71. The van der Waals surface area contributed by atoms with Crippen LogP contribution in [0.25, 0.3) is 10.9 Å². The zero-order chi connectivity index (χ0) is 23.5. The van der Waals surface area contributed by atoms with Gasteiger partial charge in [-0.1, -0.05) is 30.9 Å². The van der Waals surface area contributed by atoms with Gasteiger partial charge in [-0.25, -0.2) is 9.97 Å². The number of fused-ring (bicyclic) bond motifs is 1. The lowest BCUT2D eigenvalue weighted by Gasteiger charge is -2.34. The van der Waals surface area contributed by atoms with Crippen LogP contribution in [0.3, 0.4) is 0 Å². The Bertz CT molecular complexity index is 1210. The van der Waals surface area contributed by atoms with Crippen LogP contribution in [-0.4, -0.2) is 65.4 Å². The molecule has 2 aromatic carbocycles. The number of hydrogen-bond donors (Lipinski definition) is 1. The van der Waals surface area contributed by atoms with Gasteiger partial charge in [0.05, 0.1) is 5.52 Å². The van der Waals surface area contributed by atoms with Gasteiger partial charge in [0.15, 0.2) is 0 Å². The molecule has 0 aliphatic carbocycles. The van der Waals surface area contributed by atoms with Gasteiger partial charge < -0.3 is 20.0 Å². The molecular weight excluding hydrogens is 424 g/mol. The van der Waals surface area contributed by atoms with Gasteiger partial charge >= 0.3 is 0 Å². The van der Waals surface area contributed by atoms with Crippen LogP contribution in [-0.2, 0) is 4.79 Å². The van der Waals surface area contributed by atoms with Crippen molar-refractivity contribution in [3.8, 4) is 0 Å². The van der Waals surface area contributed by atoms with Crippen molar-refractivity contribution in [2.24, 2.45) is 0 Å². The fraction of sp³-hybridized carbons (Fsp3) is 0.296. The molecule has 3 heterocycles. The number of allylic oxidation sites excluding steroid dienone is 1. The Morgan fingerprint density at radius 3 is 2.68 bits per heavy atom. The number of amides is 1. The average molecular weight is 455 g/mol. The van der Waals surface area contributed by atoms with Gasteiger partial charge in [-0.3, -0.25) is 4.79 Å². The van der Waals surface area contributed by atoms with E-state index in [2.05, 4.69) is 64.1 Å². The van der Waals surface area contributed by atoms with E-state index in [9.17, 15) is 4.79 Å². The molecule has 0 saturated carbocycles. The molecule has 2 aliphatic heterocycles. The number of carbonyl (C=O) groups excluding carboxylic acids is 1. The summed E-state index contributed by atoms with van der Waals surface area (Å²) in [6, 6.07) is 14.6. The predicted molar refractivity (Wildman–Crippen MR) is 137 cm³/mol. The molecule has 1 amide bonds. The van der Waals surface area contributed by atoms with E-state index in [1.807, 2.05) is 30.6 Å². The number of carbonyl (C=O) groups is 1. The van der Waals surface area contributed by atoms with Crippen LogP contribution in [0.1, 0.15) is 17.9 Å². The molecule has 174 valence electrons. The second-order valence-electron chi connectivity index (χ2n) is 8.95. The largest absolute Gasteiger partial charge is 0.369 e. The van der Waals surface area contributed by atoms with Crippen LogP contribution in [0, 0.1) is 0 Å². The first-order valence-corrected chi connectivity index (χ1v) is 11.8. The first-order valence-electron chi connectivity index (χ1n) is 11.8. The quantitative estimate of drug-likeness (QED) is 0.585. The van der Waals surface area contributed by atoms with Gasteiger partial charge in [0, 0.05) is 67.8 Å². The molecule has 1 atom stereocenters. The van der Waals surface area contributed by atoms with Crippen molar-refractivity contribution in [1.82, 2.24) is 19.8 Å². The Kier molecular flexibility index (Phi) is 6.27. The smallest absolute Gasteiger partial charge is 0.249 e. The van der Waals surface area contributed by atoms with Crippen LogP contribution < -0.4 is 10.2 Å². The number of anilines is 3. The lowest BCUT2D eigenvalue weighted by Crippen LogP contribution is -2.44. The zero-order valence-corrected chi connectivity index (χ0v) is 19.5. The minimum atomic E-state index is -0.0850. The van der Waals surface area contributed by atoms with Crippen molar-refractivity contribution in [2.75, 3.05) is 50.0 Å². The van der Waals surface area contributed by atoms with Gasteiger partial charge in [-0.15, -0.1) is 0 Å². The Morgan fingerprint density at radius 2 is 1.91 bits per heavy atom. The minimum absolute atomic E-state index is 0.0850. The molecule has 7 heteroatoms. The summed E-state index contributed by atoms with van der Waals surface area (Å²) in [4.78, 5) is 28.0. The molecule has 0 spiro atoms. The molecule has 34 heavy (non-hydrogen) atoms. The highest BCUT2D eigenvalue weighted by Gasteiger charge is 2.22. The van der Waals surface area contributed by atoms with Gasteiger partial charge in [0.2, 0.25) is 11.9 Å². The number of piperazine rings is 1. The Labute approximate surface area is 200 Å². The molecule has 5 rings (SSSR count). The molecular formula is C27H30N6O. The lowest BCUT2D eigenvalue weighted by molar-refractivity contribution is -0.124. The van der Waals surface area contributed by atoms with Crippen molar-refractivity contribution in [2.45, 2.75) is 12.3 Å². The van der Waals surface area contributed by atoms with Crippen molar-refractivity contribution < 1.29 is 4.79 Å². The summed E-state index contributed by atoms with van der Waals surface area (Å²) < 4.78 is 0. The molecule has 3 aromatic rings. The second kappa shape index (κ2) is 9.65. The number of nitrogens with one attached hydrogen (secondary N) is 1. The highest BCUT2D eigenvalue weighted by atomic mass is 16.2. The Morgan fingerprint density at radius 1 is 1.12 bits per heavy atom. The molecule has 1 fully saturated rings. The normalized spacial score (nSPS) is 18.8. The first-order chi connectivity index (χ1) is 16.6. The molecule has 7 nitrogen and oxygen atoms in total. The number of nitrogens with zero attached hydrogens (tertiary/aromatic N) is 5. The molecule has 1 aromatic heterocycles. The summed E-state index contributed by atoms with van der Waals surface area (Å²) in [6.45, 7) is 8.49. The SMILES string of the molecule is C=CC(=O)N1C=CCC(c2cccc3cnc(Nc4ccc(N5CCN(C)CC5)cc4)nc23)C1. The highest BCUT2D eigenvalue weighted by Crippen LogP contribution is 2.31. The molecule has 1 N–H and O–H groups in total. The number of rotatable bonds is 5. The minimum Gasteiger partial charge on any atom is -0.369 e. The summed E-state index contributed by atoms with van der Waals surface area (Å²) in [6.07, 6.45) is 7.96. The van der Waals surface area contributed by atoms with E-state index < -0.39 is 0 Å². The maximum absolute atomic E-state index is 12.1. The van der Waals surface area contributed by atoms with Crippen molar-refractivity contribution >= 4 is 34.1 Å². The average Bonchev–Trinajstić information content (AvgIpc) is 2.89. The number of likely N-dealkylation sites (N-methyl/N-ethyl adjacent to an activating group) is 1. The van der Waals surface area contributed by atoms with E-state index in [1.165, 1.54) is 11.8 Å². The fourth-order valence-electron chi connectivity index (χ4n) is 4.65. The molecule has 1 saturated heterocycles. The van der Waals surface area contributed by atoms with E-state index >= 15 is 0 Å². The maximum atomic E-state index is 12.1. The third-order valence-corrected chi connectivity index (χ3v) is 6.65. The van der Waals surface area contributed by atoms with E-state index in [-0.39, 0.29) is 11.8 Å². The van der Waals surface area contributed by atoms with Crippen LogP contribution in [0.4, 0.5) is 17.3 Å². The number of aromatic nitrogens is 2. The summed E-state index contributed by atoms with van der Waals surface area (Å²) in [5, 5.41) is 4.35. The third kappa shape index (κ3) is 4.65. The van der Waals surface area contributed by atoms with E-state index in [0.717, 1.165) is 54.8 Å². The number of benzene rings is 2. The summed E-state index contributed by atoms with van der Waals surface area (Å²) in [5.41, 5.74) is 4.24. The molecule has 2 aliphatic rings. The topological polar surface area (TPSA) is 64.6 Å². The maximum Gasteiger partial charge on any atom is 0.249 e. The van der Waals surface area contributed by atoms with E-state index in [0.29, 0.717) is 12.5 Å². The van der Waals surface area contributed by atoms with Crippen LogP contribution in [0.15, 0.2) is 73.6 Å². The predicted octanol–water partition coefficient (Wildman–Crippen LogP) is 4.14. The second-order valence-corrected chi connectivity index (χ2v) is 8.95. The van der Waals surface area contributed by atoms with Gasteiger partial charge in [-0.05, 0) is 49.4 Å². The molecule has 0 radical (unpaired) electrons. The number of para-hydroxylation sites is 1.